The number of aromatic nitrogens is 1. The normalized spacial score (nSPS) is 14.3. The first-order valence-corrected chi connectivity index (χ1v) is 23.3. The summed E-state index contributed by atoms with van der Waals surface area (Å²) >= 11 is 0. The quantitative estimate of drug-likeness (QED) is 0.162. The van der Waals surface area contributed by atoms with E-state index >= 15 is 0 Å². The van der Waals surface area contributed by atoms with Crippen molar-refractivity contribution in [2.45, 2.75) is 5.41 Å². The van der Waals surface area contributed by atoms with Crippen molar-refractivity contribution in [2.24, 2.45) is 0 Å². The molecule has 0 saturated heterocycles. The van der Waals surface area contributed by atoms with E-state index in [-0.39, 0.29) is 0 Å². The summed E-state index contributed by atoms with van der Waals surface area (Å²) in [7, 11) is 0. The molecule has 0 N–H and O–H groups in total. The highest BCUT2D eigenvalue weighted by molar-refractivity contribution is 6.19. The van der Waals surface area contributed by atoms with Gasteiger partial charge in [0.2, 0.25) is 0 Å². The van der Waals surface area contributed by atoms with E-state index in [4.69, 9.17) is 0 Å². The molecule has 2 aliphatic rings. The molecule has 1 heterocycles. The van der Waals surface area contributed by atoms with Gasteiger partial charge in [0.15, 0.2) is 0 Å². The molecule has 2 heteroatoms. The molecule has 0 radical (unpaired) electrons. The molecule has 1 aromatic heterocycles. The average molecular weight is 851 g/mol. The molecule has 312 valence electrons. The van der Waals surface area contributed by atoms with Crippen LogP contribution in [-0.4, -0.2) is 4.57 Å². The van der Waals surface area contributed by atoms with Gasteiger partial charge in [0.25, 0.3) is 0 Å². The molecule has 1 unspecified atom stereocenters. The Bertz CT molecular complexity index is 3900. The summed E-state index contributed by atoms with van der Waals surface area (Å²) in [5.41, 5.74) is 21.9. The second kappa shape index (κ2) is 14.7. The molecule has 12 aromatic rings. The molecule has 0 saturated carbocycles. The summed E-state index contributed by atoms with van der Waals surface area (Å²) in [5.74, 6) is 0. The Kier molecular flexibility index (Phi) is 8.23. The van der Waals surface area contributed by atoms with Gasteiger partial charge in [-0.2, -0.15) is 0 Å². The number of anilines is 3. The second-order valence-electron chi connectivity index (χ2n) is 18.0. The molecule has 2 aliphatic carbocycles. The van der Waals surface area contributed by atoms with Gasteiger partial charge in [-0.1, -0.05) is 188 Å². The van der Waals surface area contributed by atoms with Crippen LogP contribution < -0.4 is 4.90 Å². The summed E-state index contributed by atoms with van der Waals surface area (Å²) in [6.45, 7) is 0. The molecule has 2 nitrogen and oxygen atoms in total. The maximum Gasteiger partial charge on any atom is 0.0726 e. The van der Waals surface area contributed by atoms with Crippen molar-refractivity contribution in [1.82, 2.24) is 4.57 Å². The number of rotatable bonds is 6. The number of para-hydroxylation sites is 2. The lowest BCUT2D eigenvalue weighted by Gasteiger charge is -2.31. The van der Waals surface area contributed by atoms with Crippen molar-refractivity contribution in [3.63, 3.8) is 0 Å². The van der Waals surface area contributed by atoms with Crippen molar-refractivity contribution < 1.29 is 0 Å². The molecule has 1 spiro atoms. The molecular formula is C65H42N2. The maximum atomic E-state index is 2.50. The zero-order valence-electron chi connectivity index (χ0n) is 36.6. The Morgan fingerprint density at radius 2 is 0.866 bits per heavy atom. The van der Waals surface area contributed by atoms with Gasteiger partial charge in [0.1, 0.15) is 0 Å². The highest BCUT2D eigenvalue weighted by Crippen LogP contribution is 2.64. The van der Waals surface area contributed by atoms with Crippen molar-refractivity contribution in [2.75, 3.05) is 4.90 Å². The van der Waals surface area contributed by atoms with Crippen molar-refractivity contribution in [1.29, 1.82) is 0 Å². The summed E-state index contributed by atoms with van der Waals surface area (Å²) in [6.07, 6.45) is 0. The SMILES string of the molecule is c1ccc(-c2ccc(N(c3ccccc3)c3ccc(-c4ccc5c(c4)C4(c6ccccc6-5)c5ccccc5-c5c4ccc4c5c5ccccc5n4-c4ccc5ccccc5c4)cc3)cc2)cc1. The van der Waals surface area contributed by atoms with Crippen molar-refractivity contribution in [3.05, 3.63) is 277 Å². The van der Waals surface area contributed by atoms with Gasteiger partial charge in [-0.25, -0.2) is 0 Å². The minimum atomic E-state index is -0.496. The highest BCUT2D eigenvalue weighted by atomic mass is 15.1. The summed E-state index contributed by atoms with van der Waals surface area (Å²) in [6, 6.07) is 94.2. The lowest BCUT2D eigenvalue weighted by atomic mass is 9.70. The van der Waals surface area contributed by atoms with Crippen LogP contribution in [0.4, 0.5) is 17.1 Å². The van der Waals surface area contributed by atoms with E-state index in [1.165, 1.54) is 105 Å². The fourth-order valence-corrected chi connectivity index (χ4v) is 11.7. The van der Waals surface area contributed by atoms with E-state index in [1.807, 2.05) is 0 Å². The van der Waals surface area contributed by atoms with Gasteiger partial charge in [0, 0.05) is 33.5 Å². The summed E-state index contributed by atoms with van der Waals surface area (Å²) < 4.78 is 2.47. The van der Waals surface area contributed by atoms with Gasteiger partial charge >= 0.3 is 0 Å². The standard InChI is InChI=1S/C65H42N2/c1-3-15-43(16-4-1)45-27-33-50(34-28-45)66(49-19-5-2-6-20-49)51-35-29-46(30-36-51)48-32-38-54-53-21-9-12-24-57(53)65(60(54)42-48)58-25-13-10-22-55(58)63-59(65)39-40-62-64(63)56-23-11-14-26-61(56)67(62)52-37-31-44-17-7-8-18-47(44)41-52/h1-42H. The summed E-state index contributed by atoms with van der Waals surface area (Å²) in [4.78, 5) is 2.34. The van der Waals surface area contributed by atoms with Crippen LogP contribution in [0.5, 0.6) is 0 Å². The number of nitrogens with zero attached hydrogens (tertiary/aromatic N) is 2. The lowest BCUT2D eigenvalue weighted by Crippen LogP contribution is -2.25. The van der Waals surface area contributed by atoms with Crippen LogP contribution >= 0.6 is 0 Å². The Hall–Kier alpha value is -8.72. The van der Waals surface area contributed by atoms with E-state index in [9.17, 15) is 0 Å². The van der Waals surface area contributed by atoms with Crippen LogP contribution in [0.15, 0.2) is 255 Å². The first-order valence-electron chi connectivity index (χ1n) is 23.3. The Morgan fingerprint density at radius 1 is 0.313 bits per heavy atom. The highest BCUT2D eigenvalue weighted by Gasteiger charge is 2.52. The Balaban J connectivity index is 0.933. The molecular weight excluding hydrogens is 809 g/mol. The van der Waals surface area contributed by atoms with E-state index in [1.54, 1.807) is 0 Å². The zero-order chi connectivity index (χ0) is 44.1. The minimum absolute atomic E-state index is 0.496. The zero-order valence-corrected chi connectivity index (χ0v) is 36.6. The molecule has 0 fully saturated rings. The number of fused-ring (bicyclic) bond motifs is 15. The fraction of sp³-hybridized carbons (Fsp3) is 0.0154. The Morgan fingerprint density at radius 3 is 1.63 bits per heavy atom. The van der Waals surface area contributed by atoms with Crippen molar-refractivity contribution >= 4 is 49.6 Å². The number of benzene rings is 11. The lowest BCUT2D eigenvalue weighted by molar-refractivity contribution is 0.794. The number of hydrogen-bond acceptors (Lipinski definition) is 1. The van der Waals surface area contributed by atoms with Crippen LogP contribution in [0.25, 0.3) is 82.8 Å². The van der Waals surface area contributed by atoms with E-state index in [0.29, 0.717) is 0 Å². The topological polar surface area (TPSA) is 8.17 Å². The Labute approximate surface area is 389 Å². The van der Waals surface area contributed by atoms with E-state index < -0.39 is 5.41 Å². The largest absolute Gasteiger partial charge is 0.311 e. The van der Waals surface area contributed by atoms with Gasteiger partial charge in [-0.15, -0.1) is 0 Å². The van der Waals surface area contributed by atoms with Crippen molar-refractivity contribution in [3.8, 4) is 50.2 Å². The molecule has 11 aromatic carbocycles. The summed E-state index contributed by atoms with van der Waals surface area (Å²) in [5, 5.41) is 5.06. The van der Waals surface area contributed by atoms with Crippen LogP contribution in [0, 0.1) is 0 Å². The van der Waals surface area contributed by atoms with Gasteiger partial charge in [-0.05, 0) is 144 Å². The molecule has 67 heavy (non-hydrogen) atoms. The third-order valence-corrected chi connectivity index (χ3v) is 14.6. The first-order chi connectivity index (χ1) is 33.2. The molecule has 0 aliphatic heterocycles. The van der Waals surface area contributed by atoms with Crippen LogP contribution in [-0.2, 0) is 5.41 Å². The third-order valence-electron chi connectivity index (χ3n) is 14.6. The predicted octanol–water partition coefficient (Wildman–Crippen LogP) is 17.1. The number of hydrogen-bond donors (Lipinski definition) is 0. The van der Waals surface area contributed by atoms with E-state index in [2.05, 4.69) is 264 Å². The minimum Gasteiger partial charge on any atom is -0.311 e. The van der Waals surface area contributed by atoms with Gasteiger partial charge < -0.3 is 9.47 Å². The smallest absolute Gasteiger partial charge is 0.0726 e. The molecule has 1 atom stereocenters. The first kappa shape index (κ1) is 37.6. The fourth-order valence-electron chi connectivity index (χ4n) is 11.7. The maximum absolute atomic E-state index is 2.50. The molecule has 14 rings (SSSR count). The third kappa shape index (κ3) is 5.51. The van der Waals surface area contributed by atoms with E-state index in [0.717, 1.165) is 17.1 Å². The average Bonchev–Trinajstić information content (AvgIpc) is 4.01. The van der Waals surface area contributed by atoms with Crippen LogP contribution in [0.3, 0.4) is 0 Å². The second-order valence-corrected chi connectivity index (χ2v) is 18.0. The molecule has 0 amide bonds. The van der Waals surface area contributed by atoms with Crippen LogP contribution in [0.1, 0.15) is 22.3 Å². The van der Waals surface area contributed by atoms with Gasteiger partial charge in [0.05, 0.1) is 16.4 Å². The predicted molar refractivity (Wildman–Crippen MR) is 280 cm³/mol. The monoisotopic (exact) mass is 850 g/mol. The van der Waals surface area contributed by atoms with Gasteiger partial charge in [-0.3, -0.25) is 0 Å². The van der Waals surface area contributed by atoms with Crippen LogP contribution in [0.2, 0.25) is 0 Å². The molecule has 0 bridgehead atoms.